The Bertz CT molecular complexity index is 1230. The molecule has 4 unspecified atom stereocenters. The van der Waals surface area contributed by atoms with Crippen LogP contribution in [0, 0.1) is 56.2 Å². The molecule has 32 heavy (non-hydrogen) atoms. The summed E-state index contributed by atoms with van der Waals surface area (Å²) < 4.78 is 18.3. The second kappa shape index (κ2) is 7.50. The number of ether oxygens (including phenoxy) is 3. The van der Waals surface area contributed by atoms with E-state index in [1.54, 1.807) is 49.4 Å². The van der Waals surface area contributed by atoms with Crippen molar-refractivity contribution < 1.29 is 14.2 Å². The number of benzene rings is 2. The van der Waals surface area contributed by atoms with Crippen LogP contribution in [0.1, 0.15) is 24.2 Å². The van der Waals surface area contributed by atoms with Crippen LogP contribution in [-0.2, 0) is 15.3 Å². The fourth-order valence-electron chi connectivity index (χ4n) is 4.70. The first kappa shape index (κ1) is 22.1. The Hall–Kier alpha value is -3.09. The van der Waals surface area contributed by atoms with Crippen LogP contribution in [-0.4, -0.2) is 13.0 Å². The largest absolute Gasteiger partial charge is 0.496 e. The second-order valence-electron chi connectivity index (χ2n) is 7.67. The van der Waals surface area contributed by atoms with Crippen molar-refractivity contribution in [3.05, 3.63) is 63.1 Å². The lowest BCUT2D eigenvalue weighted by molar-refractivity contribution is -0.288. The van der Waals surface area contributed by atoms with Gasteiger partial charge in [-0.25, -0.2) is 0 Å². The van der Waals surface area contributed by atoms with Gasteiger partial charge in [0.05, 0.1) is 35.7 Å². The van der Waals surface area contributed by atoms with Gasteiger partial charge in [-0.2, -0.15) is 15.8 Å². The molecule has 0 radical (unpaired) electrons. The number of hydrogen-bond acceptors (Lipinski definition) is 7. The lowest BCUT2D eigenvalue weighted by Crippen LogP contribution is -2.57. The van der Waals surface area contributed by atoms with Crippen molar-refractivity contribution >= 4 is 33.4 Å². The van der Waals surface area contributed by atoms with Crippen LogP contribution in [0.5, 0.6) is 5.75 Å². The van der Waals surface area contributed by atoms with Crippen LogP contribution < -0.4 is 4.74 Å². The highest BCUT2D eigenvalue weighted by atomic mass is 79.9. The quantitative estimate of drug-likeness (QED) is 0.602. The number of nitriles is 3. The first-order chi connectivity index (χ1) is 15.3. The van der Waals surface area contributed by atoms with E-state index in [9.17, 15) is 15.8 Å². The number of methoxy groups -OCH3 is 1. The number of rotatable bonds is 3. The van der Waals surface area contributed by atoms with Crippen LogP contribution >= 0.6 is 27.5 Å². The van der Waals surface area contributed by atoms with E-state index in [0.29, 0.717) is 26.4 Å². The zero-order valence-electron chi connectivity index (χ0n) is 17.0. The average Bonchev–Trinajstić information content (AvgIpc) is 2.95. The van der Waals surface area contributed by atoms with E-state index in [4.69, 9.17) is 31.2 Å². The standard InChI is InChI=1S/C23H16BrClN4O3/c1-13-22(12-28)20(29)32-23(13,15-4-6-16(25)7-5-15)31-19(21(22,10-26)11-27)14-3-8-18(30-2)17(24)9-14/h3-9,13,19,29H,1-2H3. The molecule has 2 aromatic rings. The van der Waals surface area contributed by atoms with Crippen molar-refractivity contribution in [1.29, 1.82) is 21.2 Å². The minimum atomic E-state index is -2.04. The molecule has 9 heteroatoms. The molecule has 0 aromatic heterocycles. The molecule has 0 amide bonds. The SMILES string of the molecule is COc1ccc(C2OC3(c4ccc(Cl)cc4)OC(=N)C(C#N)(C3C)C2(C#N)C#N)cc1Br. The smallest absolute Gasteiger partial charge is 0.244 e. The molecule has 2 fully saturated rings. The van der Waals surface area contributed by atoms with E-state index in [0.717, 1.165) is 0 Å². The van der Waals surface area contributed by atoms with E-state index in [1.807, 2.05) is 12.1 Å². The van der Waals surface area contributed by atoms with E-state index in [2.05, 4.69) is 22.0 Å². The summed E-state index contributed by atoms with van der Waals surface area (Å²) in [5, 5.41) is 40.0. The first-order valence-electron chi connectivity index (χ1n) is 9.55. The summed E-state index contributed by atoms with van der Waals surface area (Å²) in [5.74, 6) is -2.33. The topological polar surface area (TPSA) is 123 Å². The van der Waals surface area contributed by atoms with Gasteiger partial charge in [-0.05, 0) is 45.8 Å². The fraction of sp³-hybridized carbons (Fsp3) is 0.304. The monoisotopic (exact) mass is 510 g/mol. The molecule has 2 bridgehead atoms. The van der Waals surface area contributed by atoms with Crippen molar-refractivity contribution in [1.82, 2.24) is 0 Å². The molecule has 0 spiro atoms. The Morgan fingerprint density at radius 1 is 1.09 bits per heavy atom. The molecule has 160 valence electrons. The second-order valence-corrected chi connectivity index (χ2v) is 8.96. The summed E-state index contributed by atoms with van der Waals surface area (Å²) >= 11 is 9.47. The molecule has 1 N–H and O–H groups in total. The maximum atomic E-state index is 10.3. The van der Waals surface area contributed by atoms with Crippen LogP contribution in [0.2, 0.25) is 5.02 Å². The number of nitrogens with zero attached hydrogens (tertiary/aromatic N) is 3. The third-order valence-corrected chi connectivity index (χ3v) is 7.27. The molecule has 2 aliphatic heterocycles. The third-order valence-electron chi connectivity index (χ3n) is 6.39. The summed E-state index contributed by atoms with van der Waals surface area (Å²) in [5.41, 5.74) is -2.92. The van der Waals surface area contributed by atoms with E-state index in [1.165, 1.54) is 7.11 Å². The van der Waals surface area contributed by atoms with Gasteiger partial charge in [-0.15, -0.1) is 0 Å². The van der Waals surface area contributed by atoms with Gasteiger partial charge < -0.3 is 14.2 Å². The Morgan fingerprint density at radius 2 is 1.75 bits per heavy atom. The number of nitrogens with one attached hydrogen (secondary N) is 1. The Morgan fingerprint density at radius 3 is 2.28 bits per heavy atom. The maximum absolute atomic E-state index is 10.3. The molecule has 2 saturated heterocycles. The molecular weight excluding hydrogens is 496 g/mol. The average molecular weight is 512 g/mol. The van der Waals surface area contributed by atoms with Crippen LogP contribution in [0.25, 0.3) is 0 Å². The van der Waals surface area contributed by atoms with E-state index < -0.39 is 34.5 Å². The zero-order chi connectivity index (χ0) is 23.3. The minimum absolute atomic E-state index is 0.462. The zero-order valence-corrected chi connectivity index (χ0v) is 19.4. The highest BCUT2D eigenvalue weighted by molar-refractivity contribution is 9.10. The Kier molecular flexibility index (Phi) is 5.18. The molecular formula is C23H16BrClN4O3. The lowest BCUT2D eigenvalue weighted by Gasteiger charge is -2.48. The van der Waals surface area contributed by atoms with Crippen molar-refractivity contribution in [2.24, 2.45) is 16.7 Å². The number of hydrogen-bond donors (Lipinski definition) is 1. The summed E-state index contributed by atoms with van der Waals surface area (Å²) in [4.78, 5) is 0. The normalized spacial score (nSPS) is 29.8. The van der Waals surface area contributed by atoms with Crippen molar-refractivity contribution in [2.45, 2.75) is 18.8 Å². The van der Waals surface area contributed by atoms with Crippen LogP contribution in [0.15, 0.2) is 46.9 Å². The van der Waals surface area contributed by atoms with Gasteiger partial charge in [0.15, 0.2) is 5.41 Å². The summed E-state index contributed by atoms with van der Waals surface area (Å²) in [7, 11) is 1.52. The highest BCUT2D eigenvalue weighted by Gasteiger charge is 2.79. The predicted molar refractivity (Wildman–Crippen MR) is 117 cm³/mol. The van der Waals surface area contributed by atoms with Crippen molar-refractivity contribution in [3.8, 4) is 24.0 Å². The Balaban J connectivity index is 2.02. The van der Waals surface area contributed by atoms with Gasteiger partial charge in [0, 0.05) is 10.6 Å². The third kappa shape index (κ3) is 2.57. The highest BCUT2D eigenvalue weighted by Crippen LogP contribution is 2.69. The van der Waals surface area contributed by atoms with Gasteiger partial charge >= 0.3 is 0 Å². The van der Waals surface area contributed by atoms with Crippen LogP contribution in [0.4, 0.5) is 0 Å². The van der Waals surface area contributed by atoms with Crippen molar-refractivity contribution in [2.75, 3.05) is 7.11 Å². The van der Waals surface area contributed by atoms with Crippen molar-refractivity contribution in [3.63, 3.8) is 0 Å². The molecule has 2 aromatic carbocycles. The predicted octanol–water partition coefficient (Wildman–Crippen LogP) is 5.22. The molecule has 4 atom stereocenters. The fourth-order valence-corrected chi connectivity index (χ4v) is 5.38. The molecule has 0 aliphatic carbocycles. The molecule has 0 saturated carbocycles. The number of fused-ring (bicyclic) bond motifs is 2. The maximum Gasteiger partial charge on any atom is 0.244 e. The van der Waals surface area contributed by atoms with Gasteiger partial charge in [0.2, 0.25) is 17.1 Å². The van der Waals surface area contributed by atoms with Gasteiger partial charge in [-0.3, -0.25) is 5.41 Å². The van der Waals surface area contributed by atoms with E-state index >= 15 is 0 Å². The molecule has 7 nitrogen and oxygen atoms in total. The number of halogens is 2. The van der Waals surface area contributed by atoms with Gasteiger partial charge in [0.1, 0.15) is 11.9 Å². The van der Waals surface area contributed by atoms with Gasteiger partial charge in [0.25, 0.3) is 0 Å². The molecule has 4 rings (SSSR count). The van der Waals surface area contributed by atoms with Crippen LogP contribution in [0.3, 0.4) is 0 Å². The first-order valence-corrected chi connectivity index (χ1v) is 10.7. The van der Waals surface area contributed by atoms with Gasteiger partial charge in [-0.1, -0.05) is 36.7 Å². The molecule has 2 aliphatic rings. The summed E-state index contributed by atoms with van der Waals surface area (Å²) in [6, 6.07) is 17.8. The summed E-state index contributed by atoms with van der Waals surface area (Å²) in [6.07, 6.45) is -1.20. The lowest BCUT2D eigenvalue weighted by atomic mass is 9.53. The van der Waals surface area contributed by atoms with E-state index in [-0.39, 0.29) is 0 Å². The minimum Gasteiger partial charge on any atom is -0.496 e. The Labute approximate surface area is 198 Å². The molecule has 2 heterocycles. The summed E-state index contributed by atoms with van der Waals surface area (Å²) in [6.45, 7) is 1.66.